The highest BCUT2D eigenvalue weighted by atomic mass is 19.4. The molecular formula is C26H32F4O. The van der Waals surface area contributed by atoms with E-state index in [1.807, 2.05) is 6.07 Å². The molecule has 0 aromatic heterocycles. The van der Waals surface area contributed by atoms with Crippen LogP contribution in [0.25, 0.3) is 10.8 Å². The molecule has 2 aromatic rings. The molecule has 2 aliphatic rings. The fourth-order valence-corrected chi connectivity index (χ4v) is 5.98. The van der Waals surface area contributed by atoms with Crippen LogP contribution >= 0.6 is 0 Å². The number of alkyl halides is 3. The van der Waals surface area contributed by atoms with Crippen molar-refractivity contribution in [1.82, 2.24) is 0 Å². The molecule has 0 amide bonds. The molecule has 1 nitrogen and oxygen atoms in total. The van der Waals surface area contributed by atoms with Gasteiger partial charge in [-0.3, -0.25) is 0 Å². The van der Waals surface area contributed by atoms with Crippen LogP contribution in [0.4, 0.5) is 17.6 Å². The number of unbranched alkanes of at least 4 members (excludes halogenated alkanes) is 2. The van der Waals surface area contributed by atoms with Gasteiger partial charge in [-0.1, -0.05) is 51.2 Å². The highest BCUT2D eigenvalue weighted by Gasteiger charge is 2.36. The molecule has 2 fully saturated rings. The first-order valence-electron chi connectivity index (χ1n) is 11.8. The number of benzene rings is 2. The number of halogens is 4. The molecule has 2 unspecified atom stereocenters. The topological polar surface area (TPSA) is 9.23 Å². The van der Waals surface area contributed by atoms with Gasteiger partial charge in [-0.05, 0) is 84.9 Å². The lowest BCUT2D eigenvalue weighted by molar-refractivity contribution is -0.274. The van der Waals surface area contributed by atoms with Crippen molar-refractivity contribution in [3.05, 3.63) is 41.7 Å². The Kier molecular flexibility index (Phi) is 6.78. The number of fused-ring (bicyclic) bond motifs is 2. The molecule has 5 heteroatoms. The van der Waals surface area contributed by atoms with Gasteiger partial charge >= 0.3 is 6.36 Å². The van der Waals surface area contributed by atoms with Crippen LogP contribution in [0.5, 0.6) is 5.75 Å². The minimum atomic E-state index is -4.78. The summed E-state index contributed by atoms with van der Waals surface area (Å²) in [5.74, 6) is 1.90. The molecule has 170 valence electrons. The third kappa shape index (κ3) is 5.53. The van der Waals surface area contributed by atoms with Crippen LogP contribution in [0.2, 0.25) is 0 Å². The molecule has 4 rings (SSSR count). The summed E-state index contributed by atoms with van der Waals surface area (Å²) < 4.78 is 56.2. The minimum Gasteiger partial charge on any atom is -0.406 e. The molecule has 4 atom stereocenters. The summed E-state index contributed by atoms with van der Waals surface area (Å²) >= 11 is 0. The van der Waals surface area contributed by atoms with Crippen LogP contribution in [0, 0.1) is 23.6 Å². The Labute approximate surface area is 182 Å². The first kappa shape index (κ1) is 22.4. The normalized spacial score (nSPS) is 26.6. The molecule has 0 heterocycles. The fourth-order valence-electron chi connectivity index (χ4n) is 5.98. The second kappa shape index (κ2) is 9.38. The number of ether oxygens (including phenoxy) is 1. The summed E-state index contributed by atoms with van der Waals surface area (Å²) in [6.07, 6.45) is 7.91. The van der Waals surface area contributed by atoms with E-state index in [0.29, 0.717) is 11.3 Å². The van der Waals surface area contributed by atoms with Gasteiger partial charge in [0, 0.05) is 5.39 Å². The van der Waals surface area contributed by atoms with Crippen LogP contribution < -0.4 is 4.74 Å². The summed E-state index contributed by atoms with van der Waals surface area (Å²) in [4.78, 5) is 0. The SMILES string of the molecule is CCCCC[C@@H]1CC[C@@H]2CC(c3cc(F)c4cc(OC(F)(F)F)ccc4c3)CCC2C1. The molecule has 2 saturated carbocycles. The van der Waals surface area contributed by atoms with Crippen LogP contribution in [0.3, 0.4) is 0 Å². The Morgan fingerprint density at radius 2 is 1.71 bits per heavy atom. The lowest BCUT2D eigenvalue weighted by atomic mass is 9.63. The van der Waals surface area contributed by atoms with E-state index in [1.165, 1.54) is 69.6 Å². The second-order valence-corrected chi connectivity index (χ2v) is 9.64. The van der Waals surface area contributed by atoms with Gasteiger partial charge in [0.15, 0.2) is 0 Å². The number of hydrogen-bond acceptors (Lipinski definition) is 1. The maximum atomic E-state index is 14.8. The van der Waals surface area contributed by atoms with Crippen molar-refractivity contribution >= 4 is 10.8 Å². The Hall–Kier alpha value is -1.78. The number of hydrogen-bond donors (Lipinski definition) is 0. The lowest BCUT2D eigenvalue weighted by Gasteiger charge is -2.42. The zero-order chi connectivity index (χ0) is 22.0. The zero-order valence-electron chi connectivity index (χ0n) is 18.2. The Balaban J connectivity index is 1.43. The second-order valence-electron chi connectivity index (χ2n) is 9.64. The van der Waals surface area contributed by atoms with E-state index in [2.05, 4.69) is 11.7 Å². The summed E-state index contributed by atoms with van der Waals surface area (Å²) in [6.45, 7) is 2.25. The predicted octanol–water partition coefficient (Wildman–Crippen LogP) is 8.76. The Morgan fingerprint density at radius 1 is 0.935 bits per heavy atom. The highest BCUT2D eigenvalue weighted by molar-refractivity contribution is 5.85. The van der Waals surface area contributed by atoms with Crippen LogP contribution in [-0.2, 0) is 0 Å². The minimum absolute atomic E-state index is 0.173. The van der Waals surface area contributed by atoms with Crippen LogP contribution in [-0.4, -0.2) is 6.36 Å². The van der Waals surface area contributed by atoms with E-state index < -0.39 is 12.2 Å². The average Bonchev–Trinajstić information content (AvgIpc) is 2.73. The van der Waals surface area contributed by atoms with Crippen molar-refractivity contribution in [1.29, 1.82) is 0 Å². The molecule has 0 aliphatic heterocycles. The molecular weight excluding hydrogens is 404 g/mol. The lowest BCUT2D eigenvalue weighted by Crippen LogP contribution is -2.30. The van der Waals surface area contributed by atoms with Gasteiger partial charge < -0.3 is 4.74 Å². The molecule has 2 aromatic carbocycles. The van der Waals surface area contributed by atoms with Gasteiger partial charge in [0.05, 0.1) is 0 Å². The van der Waals surface area contributed by atoms with E-state index in [9.17, 15) is 17.6 Å². The van der Waals surface area contributed by atoms with Crippen molar-refractivity contribution in [3.8, 4) is 5.75 Å². The van der Waals surface area contributed by atoms with Gasteiger partial charge in [-0.2, -0.15) is 0 Å². The Morgan fingerprint density at radius 3 is 2.48 bits per heavy atom. The van der Waals surface area contributed by atoms with Crippen molar-refractivity contribution in [2.75, 3.05) is 0 Å². The first-order chi connectivity index (χ1) is 14.8. The van der Waals surface area contributed by atoms with Gasteiger partial charge in [-0.15, -0.1) is 13.2 Å². The van der Waals surface area contributed by atoms with Gasteiger partial charge in [0.1, 0.15) is 11.6 Å². The molecule has 0 saturated heterocycles. The van der Waals surface area contributed by atoms with Crippen LogP contribution in [0.15, 0.2) is 30.3 Å². The molecule has 0 bridgehead atoms. The Bertz CT molecular complexity index is 891. The van der Waals surface area contributed by atoms with Crippen molar-refractivity contribution in [3.63, 3.8) is 0 Å². The predicted molar refractivity (Wildman–Crippen MR) is 116 cm³/mol. The van der Waals surface area contributed by atoms with Gasteiger partial charge in [0.2, 0.25) is 0 Å². The molecule has 2 aliphatic carbocycles. The van der Waals surface area contributed by atoms with E-state index in [-0.39, 0.29) is 11.1 Å². The van der Waals surface area contributed by atoms with Crippen molar-refractivity contribution < 1.29 is 22.3 Å². The van der Waals surface area contributed by atoms with Crippen molar-refractivity contribution in [2.45, 2.75) is 83.4 Å². The molecule has 0 radical (unpaired) electrons. The summed E-state index contributed by atoms with van der Waals surface area (Å²) in [5.41, 5.74) is 0.984. The van der Waals surface area contributed by atoms with E-state index in [0.717, 1.165) is 42.2 Å². The highest BCUT2D eigenvalue weighted by Crippen LogP contribution is 2.48. The van der Waals surface area contributed by atoms with Crippen molar-refractivity contribution in [2.24, 2.45) is 17.8 Å². The van der Waals surface area contributed by atoms with E-state index >= 15 is 0 Å². The maximum absolute atomic E-state index is 14.8. The molecule has 0 N–H and O–H groups in total. The zero-order valence-corrected chi connectivity index (χ0v) is 18.2. The van der Waals surface area contributed by atoms with Gasteiger partial charge in [0.25, 0.3) is 0 Å². The third-order valence-electron chi connectivity index (χ3n) is 7.54. The monoisotopic (exact) mass is 436 g/mol. The average molecular weight is 437 g/mol. The number of rotatable bonds is 6. The summed E-state index contributed by atoms with van der Waals surface area (Å²) in [6, 6.07) is 7.41. The molecule has 31 heavy (non-hydrogen) atoms. The third-order valence-corrected chi connectivity index (χ3v) is 7.54. The first-order valence-corrected chi connectivity index (χ1v) is 11.8. The quantitative estimate of drug-likeness (QED) is 0.325. The standard InChI is InChI=1S/C26H32F4O/c1-2-3-4-5-17-6-7-19-13-20(9-8-18(19)12-17)22-14-21-10-11-23(31-26(28,29)30)16-24(21)25(27)15-22/h10-11,14-20H,2-9,12-13H2,1H3/t17-,18?,19-,20?/m1/s1. The molecule has 0 spiro atoms. The van der Waals surface area contributed by atoms with E-state index in [4.69, 9.17) is 0 Å². The smallest absolute Gasteiger partial charge is 0.406 e. The summed E-state index contributed by atoms with van der Waals surface area (Å²) in [5, 5.41) is 0.804. The van der Waals surface area contributed by atoms with E-state index in [1.54, 1.807) is 0 Å². The fraction of sp³-hybridized carbons (Fsp3) is 0.615. The largest absolute Gasteiger partial charge is 0.573 e. The maximum Gasteiger partial charge on any atom is 0.573 e. The summed E-state index contributed by atoms with van der Waals surface area (Å²) in [7, 11) is 0. The van der Waals surface area contributed by atoms with Gasteiger partial charge in [-0.25, -0.2) is 4.39 Å². The van der Waals surface area contributed by atoms with Crippen LogP contribution in [0.1, 0.15) is 82.6 Å².